The number of benzene rings is 1. The first-order valence-electron chi connectivity index (χ1n) is 7.20. The van der Waals surface area contributed by atoms with Gasteiger partial charge in [-0.05, 0) is 18.2 Å². The number of hydrogen-bond acceptors (Lipinski definition) is 5. The van der Waals surface area contributed by atoms with Crippen LogP contribution in [-0.2, 0) is 9.59 Å². The first-order chi connectivity index (χ1) is 12.3. The number of carboxylic acids is 1. The number of amides is 2. The number of nitrogens with two attached hydrogens (primary N) is 1. The molecule has 0 heterocycles. The largest absolute Gasteiger partial charge is 0.481 e. The van der Waals surface area contributed by atoms with Crippen LogP contribution in [0.4, 0.5) is 5.69 Å². The van der Waals surface area contributed by atoms with Gasteiger partial charge in [0.15, 0.2) is 0 Å². The summed E-state index contributed by atoms with van der Waals surface area (Å²) in [5.41, 5.74) is 6.09. The molecule has 1 atom stereocenters. The second kappa shape index (κ2) is 9.95. The summed E-state index contributed by atoms with van der Waals surface area (Å²) in [7, 11) is 0. The molecule has 1 aromatic carbocycles. The fraction of sp³-hybridized carbons (Fsp3) is 0.188. The second-order valence-electron chi connectivity index (χ2n) is 4.87. The van der Waals surface area contributed by atoms with E-state index in [9.17, 15) is 14.4 Å². The molecule has 0 aliphatic rings. The minimum atomic E-state index is -1.15. The molecular weight excluding hydrogens is 340 g/mol. The van der Waals surface area contributed by atoms with Crippen LogP contribution in [0.2, 0.25) is 0 Å². The highest BCUT2D eigenvalue weighted by Gasteiger charge is 2.14. The molecule has 0 spiro atoms. The number of guanidine groups is 1. The Balaban J connectivity index is 2.62. The Morgan fingerprint density at radius 2 is 2.12 bits per heavy atom. The average Bonchev–Trinajstić information content (AvgIpc) is 2.59. The molecule has 0 aromatic heterocycles. The van der Waals surface area contributed by atoms with Crippen molar-refractivity contribution < 1.29 is 19.5 Å². The molecule has 0 bridgehead atoms. The van der Waals surface area contributed by atoms with Crippen molar-refractivity contribution >= 4 is 29.4 Å². The fourth-order valence-corrected chi connectivity index (χ4v) is 1.80. The van der Waals surface area contributed by atoms with E-state index in [2.05, 4.69) is 26.9 Å². The Morgan fingerprint density at radius 3 is 2.73 bits per heavy atom. The lowest BCUT2D eigenvalue weighted by Crippen LogP contribution is -2.42. The second-order valence-corrected chi connectivity index (χ2v) is 4.87. The molecule has 0 saturated heterocycles. The molecule has 134 valence electrons. The van der Waals surface area contributed by atoms with E-state index in [-0.39, 0.29) is 18.1 Å². The van der Waals surface area contributed by atoms with Crippen LogP contribution in [0.3, 0.4) is 0 Å². The van der Waals surface area contributed by atoms with Crippen molar-refractivity contribution in [3.63, 3.8) is 0 Å². The summed E-state index contributed by atoms with van der Waals surface area (Å²) in [5.74, 6) is -0.317. The Kier molecular flexibility index (Phi) is 7.65. The highest BCUT2D eigenvalue weighted by molar-refractivity contribution is 5.99. The van der Waals surface area contributed by atoms with Crippen LogP contribution in [-0.4, -0.2) is 41.4 Å². The van der Waals surface area contributed by atoms with Crippen LogP contribution in [0.15, 0.2) is 29.3 Å². The monoisotopic (exact) mass is 356 g/mol. The van der Waals surface area contributed by atoms with Gasteiger partial charge in [-0.2, -0.15) is 5.26 Å². The molecular formula is C16H16N6O4. The third kappa shape index (κ3) is 7.02. The van der Waals surface area contributed by atoms with Crippen LogP contribution in [0, 0.1) is 23.8 Å². The number of hydrogen-bond donors (Lipinski definition) is 5. The highest BCUT2D eigenvalue weighted by Crippen LogP contribution is 2.10. The Labute approximate surface area is 149 Å². The third-order valence-electron chi connectivity index (χ3n) is 2.89. The molecule has 6 N–H and O–H groups in total. The van der Waals surface area contributed by atoms with Crippen molar-refractivity contribution in [2.45, 2.75) is 12.5 Å². The van der Waals surface area contributed by atoms with E-state index in [1.54, 1.807) is 12.1 Å². The number of nitrogens with one attached hydrogen (secondary N) is 3. The number of terminal acetylenes is 1. The first kappa shape index (κ1) is 20.0. The van der Waals surface area contributed by atoms with Crippen LogP contribution >= 0.6 is 0 Å². The number of nitriles is 1. The number of carbonyl (C=O) groups is 3. The zero-order valence-corrected chi connectivity index (χ0v) is 13.5. The van der Waals surface area contributed by atoms with Gasteiger partial charge in [0.1, 0.15) is 6.04 Å². The smallest absolute Gasteiger partial charge is 0.306 e. The molecule has 0 aliphatic carbocycles. The first-order valence-corrected chi connectivity index (χ1v) is 7.20. The van der Waals surface area contributed by atoms with Gasteiger partial charge in [0, 0.05) is 11.3 Å². The molecule has 26 heavy (non-hydrogen) atoms. The summed E-state index contributed by atoms with van der Waals surface area (Å²) < 4.78 is 0. The van der Waals surface area contributed by atoms with E-state index in [1.165, 1.54) is 18.3 Å². The molecule has 0 radical (unpaired) electrons. The molecule has 1 rings (SSSR count). The zero-order valence-electron chi connectivity index (χ0n) is 13.5. The summed E-state index contributed by atoms with van der Waals surface area (Å²) in [4.78, 5) is 37.7. The van der Waals surface area contributed by atoms with E-state index in [1.807, 2.05) is 0 Å². The van der Waals surface area contributed by atoms with Crippen LogP contribution < -0.4 is 21.7 Å². The van der Waals surface area contributed by atoms with E-state index >= 15 is 0 Å². The number of nitrogens with zero attached hydrogens (tertiary/aromatic N) is 2. The Morgan fingerprint density at radius 1 is 1.38 bits per heavy atom. The van der Waals surface area contributed by atoms with Gasteiger partial charge in [0.25, 0.3) is 5.91 Å². The minimum absolute atomic E-state index is 0.136. The van der Waals surface area contributed by atoms with Gasteiger partial charge in [0.2, 0.25) is 18.1 Å². The van der Waals surface area contributed by atoms with Crippen LogP contribution in [0.1, 0.15) is 16.8 Å². The van der Waals surface area contributed by atoms with E-state index < -0.39 is 30.2 Å². The maximum atomic E-state index is 12.1. The normalized spacial score (nSPS) is 11.4. The average molecular weight is 356 g/mol. The maximum absolute atomic E-state index is 12.1. The van der Waals surface area contributed by atoms with Crippen molar-refractivity contribution in [2.24, 2.45) is 10.7 Å². The predicted molar refractivity (Wildman–Crippen MR) is 92.6 cm³/mol. The van der Waals surface area contributed by atoms with Gasteiger partial charge < -0.3 is 26.8 Å². The highest BCUT2D eigenvalue weighted by atomic mass is 16.4. The van der Waals surface area contributed by atoms with Gasteiger partial charge in [-0.3, -0.25) is 14.4 Å². The number of carboxylic acid groups (broad SMARTS) is 1. The van der Waals surface area contributed by atoms with Crippen LogP contribution in [0.5, 0.6) is 0 Å². The quantitative estimate of drug-likeness (QED) is 0.184. The van der Waals surface area contributed by atoms with Crippen molar-refractivity contribution in [3.8, 4) is 18.5 Å². The lowest BCUT2D eigenvalue weighted by Gasteiger charge is -2.12. The van der Waals surface area contributed by atoms with Crippen molar-refractivity contribution in [3.05, 3.63) is 29.8 Å². The number of aliphatic imine (C=N–C) groups is 1. The molecule has 2 amide bonds. The summed E-state index contributed by atoms with van der Waals surface area (Å²) >= 11 is 0. The van der Waals surface area contributed by atoms with Gasteiger partial charge in [-0.1, -0.05) is 12.0 Å². The molecule has 10 nitrogen and oxygen atoms in total. The summed E-state index contributed by atoms with van der Waals surface area (Å²) in [6, 6.07) is 5.16. The number of aliphatic carboxylic acids is 1. The number of rotatable bonds is 7. The molecule has 1 unspecified atom stereocenters. The zero-order chi connectivity index (χ0) is 19.5. The SMILES string of the molecule is C#CC(CC(=O)O)NC(=O)CNC(=O)c1cccc(N/C(N)=N\C#N)c1. The minimum Gasteiger partial charge on any atom is -0.481 e. The number of carbonyl (C=O) groups excluding carboxylic acids is 2. The van der Waals surface area contributed by atoms with Gasteiger partial charge in [-0.15, -0.1) is 11.4 Å². The fourth-order valence-electron chi connectivity index (χ4n) is 1.80. The van der Waals surface area contributed by atoms with Gasteiger partial charge in [-0.25, -0.2) is 0 Å². The topological polar surface area (TPSA) is 170 Å². The lowest BCUT2D eigenvalue weighted by atomic mass is 10.2. The maximum Gasteiger partial charge on any atom is 0.306 e. The predicted octanol–water partition coefficient (Wildman–Crippen LogP) is -0.783. The molecule has 1 aromatic rings. The molecule has 0 saturated carbocycles. The van der Waals surface area contributed by atoms with Crippen molar-refractivity contribution in [2.75, 3.05) is 11.9 Å². The van der Waals surface area contributed by atoms with E-state index in [4.69, 9.17) is 22.5 Å². The summed E-state index contributed by atoms with van der Waals surface area (Å²) in [6.07, 6.45) is 6.23. The third-order valence-corrected chi connectivity index (χ3v) is 2.89. The molecule has 10 heteroatoms. The molecule has 0 aliphatic heterocycles. The van der Waals surface area contributed by atoms with E-state index in [0.29, 0.717) is 5.69 Å². The lowest BCUT2D eigenvalue weighted by molar-refractivity contribution is -0.137. The van der Waals surface area contributed by atoms with Crippen molar-refractivity contribution in [1.82, 2.24) is 10.6 Å². The van der Waals surface area contributed by atoms with Crippen LogP contribution in [0.25, 0.3) is 0 Å². The van der Waals surface area contributed by atoms with Gasteiger partial charge >= 0.3 is 5.97 Å². The van der Waals surface area contributed by atoms with Gasteiger partial charge in [0.05, 0.1) is 13.0 Å². The molecule has 0 fully saturated rings. The van der Waals surface area contributed by atoms with Crippen molar-refractivity contribution in [1.29, 1.82) is 5.26 Å². The standard InChI is InChI=1S/C16H16N6O4/c1-2-11(7-14(24)25)21-13(23)8-19-15(26)10-4-3-5-12(6-10)22-16(18)20-9-17/h1,3-6,11H,7-8H2,(H,19,26)(H,21,23)(H,24,25)(H3,18,20,22). The Hall–Kier alpha value is -4.05. The summed E-state index contributed by atoms with van der Waals surface area (Å²) in [5, 5.41) is 24.4. The Bertz CT molecular complexity index is 806. The van der Waals surface area contributed by atoms with E-state index in [0.717, 1.165) is 0 Å². The number of anilines is 1. The summed E-state index contributed by atoms with van der Waals surface area (Å²) in [6.45, 7) is -0.383.